The maximum Gasteiger partial charge on any atom is 0.408 e. The molecule has 4 N–H and O–H groups in total. The van der Waals surface area contributed by atoms with Gasteiger partial charge >= 0.3 is 12.1 Å². The molecule has 3 aliphatic carbocycles. The third-order valence-corrected chi connectivity index (χ3v) is 11.6. The van der Waals surface area contributed by atoms with Gasteiger partial charge in [-0.2, -0.15) is 0 Å². The normalized spacial score (nSPS) is 26.4. The van der Waals surface area contributed by atoms with Crippen molar-refractivity contribution >= 4 is 40.6 Å². The Hall–Kier alpha value is -5.38. The summed E-state index contributed by atoms with van der Waals surface area (Å²) in [7, 11) is 1.60. The molecule has 0 spiro atoms. The van der Waals surface area contributed by atoms with Crippen LogP contribution in [0.1, 0.15) is 66.7 Å². The van der Waals surface area contributed by atoms with Crippen molar-refractivity contribution in [2.45, 2.75) is 103 Å². The largest absolute Gasteiger partial charge is 0.491 e. The minimum atomic E-state index is -1.52. The van der Waals surface area contributed by atoms with Gasteiger partial charge in [-0.1, -0.05) is 26.8 Å². The van der Waals surface area contributed by atoms with Crippen LogP contribution in [0, 0.1) is 23.2 Å². The first kappa shape index (κ1) is 40.8. The highest BCUT2D eigenvalue weighted by Gasteiger charge is 2.61. The molecule has 7 rings (SSSR count). The van der Waals surface area contributed by atoms with Gasteiger partial charge in [-0.05, 0) is 68.9 Å². The van der Waals surface area contributed by atoms with E-state index in [1.165, 1.54) is 17.4 Å². The number of aliphatic carboxylic acids is 1. The summed E-state index contributed by atoms with van der Waals surface area (Å²) in [4.78, 5) is 60.8. The molecule has 8 atom stereocenters. The van der Waals surface area contributed by atoms with Crippen LogP contribution in [0.2, 0.25) is 0 Å². The second kappa shape index (κ2) is 16.1. The zero-order valence-corrected chi connectivity index (χ0v) is 34.0. The molecule has 3 aromatic rings. The van der Waals surface area contributed by atoms with Crippen LogP contribution in [0.3, 0.4) is 0 Å². The Bertz CT molecular complexity index is 2050. The molecule has 1 aromatic carbocycles. The van der Waals surface area contributed by atoms with Gasteiger partial charge in [0.1, 0.15) is 53.8 Å². The Morgan fingerprint density at radius 1 is 1.05 bits per heavy atom. The number of hydrogen-bond acceptors (Lipinski definition) is 11. The molecule has 4 fully saturated rings. The molecule has 16 nitrogen and oxygen atoms in total. The summed E-state index contributed by atoms with van der Waals surface area (Å²) < 4.78 is 25.1. The minimum Gasteiger partial charge on any atom is -0.491 e. The Labute approximate surface area is 338 Å². The fourth-order valence-corrected chi connectivity index (χ4v) is 8.28. The number of carbonyl (C=O) groups is 4. The highest BCUT2D eigenvalue weighted by molar-refractivity contribution is 5.96. The Balaban J connectivity index is 1.19. The summed E-state index contributed by atoms with van der Waals surface area (Å²) in [5.41, 5.74) is -1.75. The lowest BCUT2D eigenvalue weighted by Gasteiger charge is -2.35. The standard InChI is InChI=1S/C42H55N7O9/c1-8-26-21-42(26,39(52)53)46-37(50)32-19-29(22-48(32)38(51)36(41(4,5)6)45-40(54)58-28-16-24-15-25(24)17-28)57-33-20-35(49-12-11-34(47-49)43-23(2)3)44-31-18-27(9-10-30(31)33)56-14-13-55-7/h8-12,18,20,23-26,28-29,32,36H,1,13-17,19,21-22H2,2-7H3,(H,43,47)(H,45,54)(H,46,50)(H,52,53)/t24-,25+,26-,28+,29-,32+,36-,42-/m1/s1. The van der Waals surface area contributed by atoms with Crippen LogP contribution in [0.25, 0.3) is 16.7 Å². The number of amides is 3. The Morgan fingerprint density at radius 3 is 2.47 bits per heavy atom. The van der Waals surface area contributed by atoms with Gasteiger partial charge in [0.05, 0.1) is 18.7 Å². The second-order valence-corrected chi connectivity index (χ2v) is 17.4. The fourth-order valence-electron chi connectivity index (χ4n) is 8.28. The molecule has 3 saturated carbocycles. The first-order chi connectivity index (χ1) is 27.6. The number of hydrogen-bond donors (Lipinski definition) is 4. The van der Waals surface area contributed by atoms with Crippen molar-refractivity contribution in [1.29, 1.82) is 0 Å². The highest BCUT2D eigenvalue weighted by Crippen LogP contribution is 2.52. The van der Waals surface area contributed by atoms with E-state index < -0.39 is 58.9 Å². The molecule has 4 aliphatic rings. The Morgan fingerprint density at radius 2 is 1.81 bits per heavy atom. The monoisotopic (exact) mass is 801 g/mol. The SMILES string of the molecule is C=C[C@@H]1C[C@]1(NC(=O)[C@@H]1C[C@@H](Oc2cc(-n3ccc(NC(C)C)n3)nc3cc(OCCOC)ccc23)CN1C(=O)[C@@H](NC(=O)O[C@@H]1C[C@@H]2C[C@@H]2C1)C(C)(C)C)C(=O)O. The van der Waals surface area contributed by atoms with Crippen LogP contribution in [0.5, 0.6) is 11.5 Å². The van der Waals surface area contributed by atoms with Gasteiger partial charge in [-0.25, -0.2) is 19.3 Å². The molecular formula is C42H55N7O9. The molecular weight excluding hydrogens is 747 g/mol. The van der Waals surface area contributed by atoms with Crippen molar-refractivity contribution in [3.05, 3.63) is 49.2 Å². The van der Waals surface area contributed by atoms with E-state index in [4.69, 9.17) is 23.9 Å². The van der Waals surface area contributed by atoms with Gasteiger partial charge in [0.2, 0.25) is 11.8 Å². The first-order valence-electron chi connectivity index (χ1n) is 20.1. The predicted molar refractivity (Wildman–Crippen MR) is 214 cm³/mol. The number of pyridine rings is 1. The third-order valence-electron chi connectivity index (χ3n) is 11.6. The number of likely N-dealkylation sites (tertiary alicyclic amines) is 1. The smallest absolute Gasteiger partial charge is 0.408 e. The van der Waals surface area contributed by atoms with E-state index in [9.17, 15) is 24.3 Å². The molecule has 0 radical (unpaired) electrons. The molecule has 3 heterocycles. The average Bonchev–Trinajstić information content (AvgIpc) is 3.83. The number of carboxylic acids is 1. The van der Waals surface area contributed by atoms with Crippen LogP contribution < -0.4 is 25.4 Å². The number of nitrogens with zero attached hydrogens (tertiary/aromatic N) is 4. The van der Waals surface area contributed by atoms with E-state index in [0.29, 0.717) is 59.1 Å². The molecule has 16 heteroatoms. The van der Waals surface area contributed by atoms with Crippen molar-refractivity contribution in [3.63, 3.8) is 0 Å². The van der Waals surface area contributed by atoms with Crippen molar-refractivity contribution in [2.75, 3.05) is 32.2 Å². The minimum absolute atomic E-state index is 0.0290. The summed E-state index contributed by atoms with van der Waals surface area (Å²) in [6.45, 7) is 14.0. The number of rotatable bonds is 16. The van der Waals surface area contributed by atoms with E-state index in [1.54, 1.807) is 36.2 Å². The van der Waals surface area contributed by atoms with Crippen LogP contribution >= 0.6 is 0 Å². The number of ether oxygens (including phenoxy) is 4. The highest BCUT2D eigenvalue weighted by atomic mass is 16.6. The summed E-state index contributed by atoms with van der Waals surface area (Å²) in [5, 5.41) is 24.3. The van der Waals surface area contributed by atoms with E-state index in [2.05, 4.69) is 27.6 Å². The molecule has 2 aromatic heterocycles. The Kier molecular flexibility index (Phi) is 11.3. The molecule has 58 heavy (non-hydrogen) atoms. The summed E-state index contributed by atoms with van der Waals surface area (Å²) in [6, 6.07) is 6.98. The van der Waals surface area contributed by atoms with Crippen LogP contribution in [-0.2, 0) is 23.9 Å². The van der Waals surface area contributed by atoms with E-state index in [0.717, 1.165) is 12.8 Å². The van der Waals surface area contributed by atoms with E-state index in [-0.39, 0.29) is 31.5 Å². The number of alkyl carbamates (subject to hydrolysis) is 1. The number of methoxy groups -OCH3 is 1. The second-order valence-electron chi connectivity index (χ2n) is 17.4. The van der Waals surface area contributed by atoms with Gasteiger partial charge in [-0.3, -0.25) is 9.59 Å². The number of carboxylic acid groups (broad SMARTS) is 1. The van der Waals surface area contributed by atoms with E-state index in [1.807, 2.05) is 46.8 Å². The van der Waals surface area contributed by atoms with Crippen molar-refractivity contribution < 1.29 is 43.2 Å². The lowest BCUT2D eigenvalue weighted by molar-refractivity contribution is -0.146. The van der Waals surface area contributed by atoms with E-state index >= 15 is 0 Å². The summed E-state index contributed by atoms with van der Waals surface area (Å²) in [6.07, 6.45) is 4.73. The van der Waals surface area contributed by atoms with Gasteiger partial charge < -0.3 is 44.9 Å². The zero-order chi connectivity index (χ0) is 41.5. The van der Waals surface area contributed by atoms with Crippen molar-refractivity contribution in [1.82, 2.24) is 30.3 Å². The molecule has 312 valence electrons. The quantitative estimate of drug-likeness (QED) is 0.115. The lowest BCUT2D eigenvalue weighted by atomic mass is 9.85. The van der Waals surface area contributed by atoms with Crippen molar-refractivity contribution in [3.8, 4) is 17.3 Å². The number of benzene rings is 1. The van der Waals surface area contributed by atoms with Crippen LogP contribution in [-0.4, -0.2) is 111 Å². The molecule has 1 saturated heterocycles. The summed E-state index contributed by atoms with van der Waals surface area (Å²) >= 11 is 0. The molecule has 0 unspecified atom stereocenters. The molecule has 0 bridgehead atoms. The number of carbonyl (C=O) groups excluding carboxylic acids is 3. The first-order valence-corrected chi connectivity index (χ1v) is 20.1. The number of anilines is 1. The fraction of sp³-hybridized carbons (Fsp3) is 0.571. The number of nitrogens with one attached hydrogen (secondary N) is 3. The zero-order valence-electron chi connectivity index (χ0n) is 34.0. The number of fused-ring (bicyclic) bond motifs is 2. The van der Waals surface area contributed by atoms with Gasteiger partial charge in [0, 0.05) is 55.3 Å². The van der Waals surface area contributed by atoms with Crippen LogP contribution in [0.4, 0.5) is 10.6 Å². The maximum atomic E-state index is 14.7. The molecule has 3 amide bonds. The maximum absolute atomic E-state index is 14.7. The van der Waals surface area contributed by atoms with Gasteiger partial charge in [-0.15, -0.1) is 11.7 Å². The molecule has 1 aliphatic heterocycles. The van der Waals surface area contributed by atoms with Crippen molar-refractivity contribution in [2.24, 2.45) is 23.2 Å². The van der Waals surface area contributed by atoms with Gasteiger partial charge in [0.25, 0.3) is 0 Å². The number of aromatic nitrogens is 3. The lowest BCUT2D eigenvalue weighted by Crippen LogP contribution is -2.59. The van der Waals surface area contributed by atoms with Gasteiger partial charge in [0.15, 0.2) is 5.82 Å². The van der Waals surface area contributed by atoms with Crippen LogP contribution in [0.15, 0.2) is 49.2 Å². The average molecular weight is 802 g/mol. The predicted octanol–water partition coefficient (Wildman–Crippen LogP) is 4.70. The summed E-state index contributed by atoms with van der Waals surface area (Å²) in [5.74, 6) is 0.536. The topological polar surface area (TPSA) is 195 Å². The third kappa shape index (κ3) is 8.71.